The number of hydrogen-bond acceptors (Lipinski definition) is 7. The van der Waals surface area contributed by atoms with Crippen molar-refractivity contribution in [2.24, 2.45) is 0 Å². The number of hydrogen-bond donors (Lipinski definition) is 3. The molecular weight excluding hydrogens is 507 g/mol. The Kier molecular flexibility index (Phi) is 7.53. The Morgan fingerprint density at radius 2 is 1.89 bits per heavy atom. The minimum absolute atomic E-state index is 0.0438. The van der Waals surface area contributed by atoms with Crippen molar-refractivity contribution < 1.29 is 27.9 Å². The van der Waals surface area contributed by atoms with Gasteiger partial charge < -0.3 is 20.6 Å². The van der Waals surface area contributed by atoms with Crippen LogP contribution in [-0.4, -0.2) is 62.1 Å². The Bertz CT molecular complexity index is 1180. The van der Waals surface area contributed by atoms with E-state index in [1.807, 2.05) is 6.92 Å². The molecule has 3 heterocycles. The molecule has 0 bridgehead atoms. The number of thiazole rings is 1. The molecule has 1 aliphatic carbocycles. The van der Waals surface area contributed by atoms with Crippen LogP contribution in [-0.2, 0) is 6.18 Å². The summed E-state index contributed by atoms with van der Waals surface area (Å²) in [4.78, 5) is 36.5. The van der Waals surface area contributed by atoms with Crippen molar-refractivity contribution in [1.29, 1.82) is 0 Å². The fourth-order valence-electron chi connectivity index (χ4n) is 4.78. The van der Waals surface area contributed by atoms with Gasteiger partial charge in [0, 0.05) is 29.9 Å². The molecule has 2 aromatic heterocycles. The maximum atomic E-state index is 14.2. The number of halogens is 3. The second-order valence-corrected chi connectivity index (χ2v) is 11.8. The summed E-state index contributed by atoms with van der Waals surface area (Å²) in [6.07, 6.45) is -0.902. The first kappa shape index (κ1) is 27.3. The molecule has 0 radical (unpaired) electrons. The van der Waals surface area contributed by atoms with Gasteiger partial charge in [-0.2, -0.15) is 13.2 Å². The molecule has 2 fully saturated rings. The molecular formula is C25H32F3N5O3S. The SMILES string of the molecule is C[C@H]1CCCN1C(=O)c1nc(C(=O)N[C@@H]2CCC[C@H]2O)sc1-c1cnc(NC(C)(C)C)cc1C(F)(F)F. The maximum Gasteiger partial charge on any atom is 0.417 e. The van der Waals surface area contributed by atoms with E-state index in [9.17, 15) is 27.9 Å². The van der Waals surface area contributed by atoms with Gasteiger partial charge in [-0.25, -0.2) is 9.97 Å². The Labute approximate surface area is 217 Å². The summed E-state index contributed by atoms with van der Waals surface area (Å²) < 4.78 is 42.7. The lowest BCUT2D eigenvalue weighted by Crippen LogP contribution is -2.40. The molecule has 2 amide bonds. The monoisotopic (exact) mass is 539 g/mol. The van der Waals surface area contributed by atoms with E-state index < -0.39 is 41.2 Å². The molecule has 3 atom stereocenters. The van der Waals surface area contributed by atoms with Crippen LogP contribution in [0.1, 0.15) is 85.7 Å². The van der Waals surface area contributed by atoms with Crippen LogP contribution < -0.4 is 10.6 Å². The van der Waals surface area contributed by atoms with E-state index in [1.54, 1.807) is 25.7 Å². The lowest BCUT2D eigenvalue weighted by molar-refractivity contribution is -0.137. The third-order valence-corrected chi connectivity index (χ3v) is 7.68. The largest absolute Gasteiger partial charge is 0.417 e. The van der Waals surface area contributed by atoms with Crippen LogP contribution >= 0.6 is 11.3 Å². The van der Waals surface area contributed by atoms with E-state index in [-0.39, 0.29) is 33.0 Å². The van der Waals surface area contributed by atoms with E-state index in [0.29, 0.717) is 19.4 Å². The topological polar surface area (TPSA) is 107 Å². The molecule has 202 valence electrons. The number of nitrogens with zero attached hydrogens (tertiary/aromatic N) is 3. The van der Waals surface area contributed by atoms with Crippen molar-refractivity contribution in [3.8, 4) is 10.4 Å². The van der Waals surface area contributed by atoms with E-state index >= 15 is 0 Å². The number of aliphatic hydroxyl groups excluding tert-OH is 1. The van der Waals surface area contributed by atoms with E-state index in [1.165, 1.54) is 0 Å². The summed E-state index contributed by atoms with van der Waals surface area (Å²) in [5.74, 6) is -1.10. The number of rotatable bonds is 5. The number of aliphatic hydroxyl groups is 1. The Balaban J connectivity index is 1.80. The summed E-state index contributed by atoms with van der Waals surface area (Å²) in [6, 6.07) is 0.362. The molecule has 1 aliphatic heterocycles. The highest BCUT2D eigenvalue weighted by Gasteiger charge is 2.39. The van der Waals surface area contributed by atoms with Gasteiger partial charge in [-0.1, -0.05) is 0 Å². The zero-order chi connectivity index (χ0) is 27.1. The number of nitrogens with one attached hydrogen (secondary N) is 2. The van der Waals surface area contributed by atoms with Crippen molar-refractivity contribution in [3.05, 3.63) is 28.5 Å². The number of carbonyl (C=O) groups is 2. The highest BCUT2D eigenvalue weighted by molar-refractivity contribution is 7.17. The maximum absolute atomic E-state index is 14.2. The number of likely N-dealkylation sites (tertiary alicyclic amines) is 1. The van der Waals surface area contributed by atoms with Crippen LogP contribution in [0, 0.1) is 0 Å². The second kappa shape index (κ2) is 10.2. The molecule has 12 heteroatoms. The van der Waals surface area contributed by atoms with Crippen LogP contribution in [0.5, 0.6) is 0 Å². The molecule has 3 N–H and O–H groups in total. The highest BCUT2D eigenvalue weighted by Crippen LogP contribution is 2.42. The van der Waals surface area contributed by atoms with E-state index in [2.05, 4.69) is 20.6 Å². The predicted molar refractivity (Wildman–Crippen MR) is 135 cm³/mol. The molecule has 0 unspecified atom stereocenters. The van der Waals surface area contributed by atoms with Gasteiger partial charge in [0.25, 0.3) is 11.8 Å². The molecule has 4 rings (SSSR count). The van der Waals surface area contributed by atoms with Gasteiger partial charge >= 0.3 is 6.18 Å². The van der Waals surface area contributed by atoms with Crippen molar-refractivity contribution in [2.45, 2.75) is 89.7 Å². The molecule has 8 nitrogen and oxygen atoms in total. The molecule has 2 aliphatic rings. The van der Waals surface area contributed by atoms with Gasteiger partial charge in [0.2, 0.25) is 0 Å². The molecule has 0 aromatic carbocycles. The quantitative estimate of drug-likeness (QED) is 0.509. The van der Waals surface area contributed by atoms with Gasteiger partial charge in [-0.05, 0) is 65.9 Å². The average molecular weight is 540 g/mol. The summed E-state index contributed by atoms with van der Waals surface area (Å²) in [5.41, 5.74) is -2.00. The summed E-state index contributed by atoms with van der Waals surface area (Å²) in [7, 11) is 0. The summed E-state index contributed by atoms with van der Waals surface area (Å²) in [6.45, 7) is 7.75. The summed E-state index contributed by atoms with van der Waals surface area (Å²) in [5, 5.41) is 15.6. The number of aromatic nitrogens is 2. The standard InChI is InChI=1S/C25H32F3N5O3S/c1-13-7-6-10-33(13)23(36)19-20(37-22(31-19)21(35)30-16-8-5-9-17(16)34)14-12-29-18(32-24(2,3)4)11-15(14)25(26,27)28/h11-13,16-17,34H,5-10H2,1-4H3,(H,29,32)(H,30,35)/t13-,16+,17+/m0/s1. The predicted octanol–water partition coefficient (Wildman–Crippen LogP) is 4.70. The number of anilines is 1. The molecule has 2 aromatic rings. The van der Waals surface area contributed by atoms with Gasteiger partial charge in [0.1, 0.15) is 11.5 Å². The van der Waals surface area contributed by atoms with Crippen LogP contribution in [0.3, 0.4) is 0 Å². The Hall–Kier alpha value is -2.73. The van der Waals surface area contributed by atoms with Gasteiger partial charge in [0.05, 0.1) is 22.6 Å². The number of alkyl halides is 3. The van der Waals surface area contributed by atoms with E-state index in [4.69, 9.17) is 0 Å². The third kappa shape index (κ3) is 6.06. The fraction of sp³-hybridized carbons (Fsp3) is 0.600. The van der Waals surface area contributed by atoms with E-state index in [0.717, 1.165) is 42.9 Å². The second-order valence-electron chi connectivity index (χ2n) is 10.8. The van der Waals surface area contributed by atoms with Gasteiger partial charge in [-0.3, -0.25) is 9.59 Å². The summed E-state index contributed by atoms with van der Waals surface area (Å²) >= 11 is 0.730. The van der Waals surface area contributed by atoms with Crippen LogP contribution in [0.25, 0.3) is 10.4 Å². The van der Waals surface area contributed by atoms with Gasteiger partial charge in [-0.15, -0.1) is 11.3 Å². The lowest BCUT2D eigenvalue weighted by atomic mass is 10.1. The zero-order valence-corrected chi connectivity index (χ0v) is 22.1. The third-order valence-electron chi connectivity index (χ3n) is 6.59. The first-order valence-corrected chi connectivity index (χ1v) is 13.2. The molecule has 0 spiro atoms. The number of carbonyl (C=O) groups excluding carboxylic acids is 2. The number of amides is 2. The highest BCUT2D eigenvalue weighted by atomic mass is 32.1. The Morgan fingerprint density at radius 3 is 2.46 bits per heavy atom. The van der Waals surface area contributed by atoms with Crippen LogP contribution in [0.4, 0.5) is 19.0 Å². The van der Waals surface area contributed by atoms with Crippen molar-refractivity contribution >= 4 is 29.0 Å². The normalized spacial score (nSPS) is 22.4. The smallest absolute Gasteiger partial charge is 0.391 e. The van der Waals surface area contributed by atoms with Crippen molar-refractivity contribution in [1.82, 2.24) is 20.2 Å². The van der Waals surface area contributed by atoms with Crippen LogP contribution in [0.15, 0.2) is 12.3 Å². The van der Waals surface area contributed by atoms with Crippen molar-refractivity contribution in [3.63, 3.8) is 0 Å². The minimum Gasteiger partial charge on any atom is -0.391 e. The number of pyridine rings is 1. The van der Waals surface area contributed by atoms with Crippen LogP contribution in [0.2, 0.25) is 0 Å². The van der Waals surface area contributed by atoms with Gasteiger partial charge in [0.15, 0.2) is 5.01 Å². The first-order valence-electron chi connectivity index (χ1n) is 12.4. The van der Waals surface area contributed by atoms with Crippen molar-refractivity contribution in [2.75, 3.05) is 11.9 Å². The minimum atomic E-state index is -4.74. The Morgan fingerprint density at radius 1 is 1.16 bits per heavy atom. The average Bonchev–Trinajstić information content (AvgIpc) is 3.52. The first-order chi connectivity index (χ1) is 17.2. The molecule has 37 heavy (non-hydrogen) atoms. The fourth-order valence-corrected chi connectivity index (χ4v) is 5.76. The molecule has 1 saturated carbocycles. The lowest BCUT2D eigenvalue weighted by Gasteiger charge is -2.23. The zero-order valence-electron chi connectivity index (χ0n) is 21.3. The molecule has 1 saturated heterocycles.